The molecule has 4 nitrogen and oxygen atoms in total. The molecule has 1 N–H and O–H groups in total. The highest BCUT2D eigenvalue weighted by Crippen LogP contribution is 2.25. The number of hydrogen-bond donors (Lipinski definition) is 1. The van der Waals surface area contributed by atoms with Gasteiger partial charge in [-0.15, -0.1) is 0 Å². The standard InChI is InChI=1S/C16H21NO3/c1-11-8-14(16(19)20)10-17(9-11)15(18)12(2)13-6-4-3-5-7-13/h3-7,11-12,14H,8-10H2,1-2H3,(H,19,20)/t11?,12-,14?/m1/s1. The molecule has 3 atom stereocenters. The van der Waals surface area contributed by atoms with Crippen LogP contribution in [0.15, 0.2) is 30.3 Å². The van der Waals surface area contributed by atoms with Crippen LogP contribution in [0.25, 0.3) is 0 Å². The van der Waals surface area contributed by atoms with Gasteiger partial charge in [-0.25, -0.2) is 0 Å². The van der Waals surface area contributed by atoms with Gasteiger partial charge in [-0.05, 0) is 24.8 Å². The molecule has 0 spiro atoms. The van der Waals surface area contributed by atoms with Crippen molar-refractivity contribution in [3.05, 3.63) is 35.9 Å². The molecule has 0 aromatic heterocycles. The third-order valence-corrected chi connectivity index (χ3v) is 3.99. The number of rotatable bonds is 3. The van der Waals surface area contributed by atoms with Gasteiger partial charge in [0.1, 0.15) is 0 Å². The van der Waals surface area contributed by atoms with Crippen LogP contribution in [0.1, 0.15) is 31.7 Å². The average molecular weight is 275 g/mol. The predicted octanol–water partition coefficient (Wildman–Crippen LogP) is 2.36. The van der Waals surface area contributed by atoms with Gasteiger partial charge >= 0.3 is 5.97 Å². The zero-order chi connectivity index (χ0) is 14.7. The van der Waals surface area contributed by atoms with Crippen LogP contribution in [0.3, 0.4) is 0 Å². The van der Waals surface area contributed by atoms with Gasteiger partial charge in [0.25, 0.3) is 0 Å². The topological polar surface area (TPSA) is 57.6 Å². The van der Waals surface area contributed by atoms with Crippen LogP contribution < -0.4 is 0 Å². The van der Waals surface area contributed by atoms with Gasteiger partial charge in [-0.3, -0.25) is 9.59 Å². The summed E-state index contributed by atoms with van der Waals surface area (Å²) in [5.74, 6) is -1.21. The number of likely N-dealkylation sites (tertiary alicyclic amines) is 1. The minimum Gasteiger partial charge on any atom is -0.481 e. The van der Waals surface area contributed by atoms with Crippen LogP contribution in [0, 0.1) is 11.8 Å². The minimum atomic E-state index is -0.804. The number of piperidine rings is 1. The molecular formula is C16H21NO3. The summed E-state index contributed by atoms with van der Waals surface area (Å²) in [6, 6.07) is 9.62. The Bertz CT molecular complexity index is 486. The van der Waals surface area contributed by atoms with Gasteiger partial charge in [-0.2, -0.15) is 0 Å². The first-order chi connectivity index (χ1) is 9.49. The van der Waals surface area contributed by atoms with Crippen LogP contribution in [-0.2, 0) is 9.59 Å². The van der Waals surface area contributed by atoms with Crippen LogP contribution in [0.4, 0.5) is 0 Å². The van der Waals surface area contributed by atoms with Crippen molar-refractivity contribution in [3.8, 4) is 0 Å². The van der Waals surface area contributed by atoms with E-state index in [0.717, 1.165) is 5.56 Å². The van der Waals surface area contributed by atoms with E-state index in [1.165, 1.54) is 0 Å². The molecule has 0 bridgehead atoms. The number of amides is 1. The first-order valence-corrected chi connectivity index (χ1v) is 7.05. The van der Waals surface area contributed by atoms with E-state index in [9.17, 15) is 14.7 Å². The molecule has 0 saturated carbocycles. The van der Waals surface area contributed by atoms with Gasteiger partial charge in [-0.1, -0.05) is 37.3 Å². The number of carbonyl (C=O) groups excluding carboxylic acids is 1. The molecule has 0 radical (unpaired) electrons. The maximum Gasteiger partial charge on any atom is 0.308 e. The lowest BCUT2D eigenvalue weighted by Crippen LogP contribution is -2.46. The number of carboxylic acid groups (broad SMARTS) is 1. The quantitative estimate of drug-likeness (QED) is 0.921. The van der Waals surface area contributed by atoms with E-state index in [1.807, 2.05) is 44.2 Å². The number of benzene rings is 1. The van der Waals surface area contributed by atoms with Crippen LogP contribution in [-0.4, -0.2) is 35.0 Å². The first kappa shape index (κ1) is 14.6. The molecule has 2 unspecified atom stereocenters. The normalized spacial score (nSPS) is 24.2. The van der Waals surface area contributed by atoms with E-state index in [2.05, 4.69) is 0 Å². The highest BCUT2D eigenvalue weighted by Gasteiger charge is 2.33. The second kappa shape index (κ2) is 6.07. The van der Waals surface area contributed by atoms with E-state index in [4.69, 9.17) is 0 Å². The third kappa shape index (κ3) is 3.18. The second-order valence-corrected chi connectivity index (χ2v) is 5.75. The summed E-state index contributed by atoms with van der Waals surface area (Å²) < 4.78 is 0. The Balaban J connectivity index is 2.10. The van der Waals surface area contributed by atoms with Gasteiger partial charge < -0.3 is 10.0 Å². The second-order valence-electron chi connectivity index (χ2n) is 5.75. The van der Waals surface area contributed by atoms with Crippen molar-refractivity contribution in [2.45, 2.75) is 26.2 Å². The average Bonchev–Trinajstić information content (AvgIpc) is 2.46. The minimum absolute atomic E-state index is 0.0222. The molecular weight excluding hydrogens is 254 g/mol. The molecule has 1 aliphatic heterocycles. The maximum atomic E-state index is 12.5. The van der Waals surface area contributed by atoms with E-state index in [-0.39, 0.29) is 17.7 Å². The Labute approximate surface area is 119 Å². The van der Waals surface area contributed by atoms with E-state index in [0.29, 0.717) is 19.5 Å². The fourth-order valence-corrected chi connectivity index (χ4v) is 2.87. The zero-order valence-electron chi connectivity index (χ0n) is 12.0. The lowest BCUT2D eigenvalue weighted by atomic mass is 9.89. The van der Waals surface area contributed by atoms with Crippen LogP contribution in [0.5, 0.6) is 0 Å². The van der Waals surface area contributed by atoms with Gasteiger partial charge in [0.2, 0.25) is 5.91 Å². The van der Waals surface area contributed by atoms with Gasteiger partial charge in [0.15, 0.2) is 0 Å². The Kier molecular flexibility index (Phi) is 4.42. The fraction of sp³-hybridized carbons (Fsp3) is 0.500. The number of hydrogen-bond acceptors (Lipinski definition) is 2. The van der Waals surface area contributed by atoms with E-state index >= 15 is 0 Å². The monoisotopic (exact) mass is 275 g/mol. The lowest BCUT2D eigenvalue weighted by Gasteiger charge is -2.36. The van der Waals surface area contributed by atoms with E-state index < -0.39 is 11.9 Å². The molecule has 4 heteroatoms. The summed E-state index contributed by atoms with van der Waals surface area (Å²) in [4.78, 5) is 25.4. The number of aliphatic carboxylic acids is 1. The fourth-order valence-electron chi connectivity index (χ4n) is 2.87. The lowest BCUT2D eigenvalue weighted by molar-refractivity contribution is -0.147. The Morgan fingerprint density at radius 2 is 1.90 bits per heavy atom. The molecule has 20 heavy (non-hydrogen) atoms. The van der Waals surface area contributed by atoms with Crippen molar-refractivity contribution < 1.29 is 14.7 Å². The van der Waals surface area contributed by atoms with Crippen molar-refractivity contribution in [2.75, 3.05) is 13.1 Å². The Morgan fingerprint density at radius 1 is 1.25 bits per heavy atom. The van der Waals surface area contributed by atoms with Crippen molar-refractivity contribution in [1.82, 2.24) is 4.90 Å². The summed E-state index contributed by atoms with van der Waals surface area (Å²) in [6.45, 7) is 4.87. The maximum absolute atomic E-state index is 12.5. The Hall–Kier alpha value is -1.84. The largest absolute Gasteiger partial charge is 0.481 e. The molecule has 1 aliphatic rings. The van der Waals surface area contributed by atoms with Crippen molar-refractivity contribution >= 4 is 11.9 Å². The highest BCUT2D eigenvalue weighted by molar-refractivity contribution is 5.84. The van der Waals surface area contributed by atoms with Crippen molar-refractivity contribution in [2.24, 2.45) is 11.8 Å². The number of carbonyl (C=O) groups is 2. The van der Waals surface area contributed by atoms with Gasteiger partial charge in [0.05, 0.1) is 11.8 Å². The molecule has 1 amide bonds. The van der Waals surface area contributed by atoms with Crippen molar-refractivity contribution in [1.29, 1.82) is 0 Å². The molecule has 1 saturated heterocycles. The summed E-state index contributed by atoms with van der Waals surface area (Å²) >= 11 is 0. The highest BCUT2D eigenvalue weighted by atomic mass is 16.4. The first-order valence-electron chi connectivity index (χ1n) is 7.05. The zero-order valence-corrected chi connectivity index (χ0v) is 12.0. The summed E-state index contributed by atoms with van der Waals surface area (Å²) in [6.07, 6.45) is 0.652. The molecule has 108 valence electrons. The smallest absolute Gasteiger partial charge is 0.308 e. The predicted molar refractivity (Wildman–Crippen MR) is 76.3 cm³/mol. The number of nitrogens with zero attached hydrogens (tertiary/aromatic N) is 1. The summed E-state index contributed by atoms with van der Waals surface area (Å²) in [7, 11) is 0. The SMILES string of the molecule is CC1CC(C(=O)O)CN(C(=O)[C@H](C)c2ccccc2)C1. The molecule has 1 heterocycles. The van der Waals surface area contributed by atoms with Gasteiger partial charge in [0, 0.05) is 13.1 Å². The number of carboxylic acids is 1. The third-order valence-electron chi connectivity index (χ3n) is 3.99. The summed E-state index contributed by atoms with van der Waals surface area (Å²) in [5.41, 5.74) is 0.975. The summed E-state index contributed by atoms with van der Waals surface area (Å²) in [5, 5.41) is 9.17. The molecule has 1 fully saturated rings. The van der Waals surface area contributed by atoms with Crippen molar-refractivity contribution in [3.63, 3.8) is 0 Å². The molecule has 0 aliphatic carbocycles. The molecule has 2 rings (SSSR count). The molecule has 1 aromatic carbocycles. The van der Waals surface area contributed by atoms with E-state index in [1.54, 1.807) is 4.90 Å². The van der Waals surface area contributed by atoms with Crippen LogP contribution in [0.2, 0.25) is 0 Å². The molecule has 1 aromatic rings. The Morgan fingerprint density at radius 3 is 2.50 bits per heavy atom. The van der Waals surface area contributed by atoms with Crippen LogP contribution >= 0.6 is 0 Å².